The van der Waals surface area contributed by atoms with Gasteiger partial charge >= 0.3 is 0 Å². The average Bonchev–Trinajstić information content (AvgIpc) is 2.47. The summed E-state index contributed by atoms with van der Waals surface area (Å²) in [5, 5.41) is 9.64. The Labute approximate surface area is 126 Å². The lowest BCUT2D eigenvalue weighted by atomic mass is 10.2. The summed E-state index contributed by atoms with van der Waals surface area (Å²) in [5.41, 5.74) is 0.574. The number of aliphatic hydroxyl groups excluding tert-OH is 1. The van der Waals surface area contributed by atoms with Crippen molar-refractivity contribution in [3.8, 4) is 5.75 Å². The van der Waals surface area contributed by atoms with Crippen LogP contribution in [0.3, 0.4) is 0 Å². The van der Waals surface area contributed by atoms with Crippen molar-refractivity contribution >= 4 is 5.91 Å². The fourth-order valence-corrected chi connectivity index (χ4v) is 1.89. The van der Waals surface area contributed by atoms with E-state index in [0.29, 0.717) is 12.2 Å². The Bertz CT molecular complexity index is 419. The first kappa shape index (κ1) is 17.5. The molecule has 118 valence electrons. The third-order valence-corrected chi connectivity index (χ3v) is 3.06. The van der Waals surface area contributed by atoms with Crippen molar-refractivity contribution in [2.45, 2.75) is 25.9 Å². The zero-order chi connectivity index (χ0) is 15.7. The molecule has 21 heavy (non-hydrogen) atoms. The van der Waals surface area contributed by atoms with E-state index in [4.69, 9.17) is 9.47 Å². The number of aliphatic hydroxyl groups is 1. The number of benzene rings is 1. The van der Waals surface area contributed by atoms with Gasteiger partial charge in [0.25, 0.3) is 5.91 Å². The van der Waals surface area contributed by atoms with E-state index in [1.807, 2.05) is 0 Å². The van der Waals surface area contributed by atoms with Crippen LogP contribution < -0.4 is 4.74 Å². The fourth-order valence-electron chi connectivity index (χ4n) is 1.89. The van der Waals surface area contributed by atoms with Gasteiger partial charge in [-0.05, 0) is 30.7 Å². The summed E-state index contributed by atoms with van der Waals surface area (Å²) in [5.74, 6) is 0.632. The van der Waals surface area contributed by atoms with Gasteiger partial charge in [-0.2, -0.15) is 0 Å². The molecule has 1 unspecified atom stereocenters. The van der Waals surface area contributed by atoms with Crippen LogP contribution in [-0.4, -0.2) is 55.9 Å². The van der Waals surface area contributed by atoms with Gasteiger partial charge in [-0.15, -0.1) is 0 Å². The number of likely N-dealkylation sites (N-methyl/N-ethyl adjacent to an activating group) is 1. The Morgan fingerprint density at radius 1 is 1.33 bits per heavy atom. The summed E-state index contributed by atoms with van der Waals surface area (Å²) < 4.78 is 10.4. The van der Waals surface area contributed by atoms with Crippen LogP contribution in [0.2, 0.25) is 0 Å². The molecule has 1 N–H and O–H groups in total. The number of methoxy groups -OCH3 is 1. The normalized spacial score (nSPS) is 12.0. The maximum atomic E-state index is 12.2. The molecule has 0 heterocycles. The summed E-state index contributed by atoms with van der Waals surface area (Å²) >= 11 is 0. The van der Waals surface area contributed by atoms with Gasteiger partial charge in [0.2, 0.25) is 0 Å². The second-order valence-corrected chi connectivity index (χ2v) is 5.02. The van der Waals surface area contributed by atoms with Crippen molar-refractivity contribution in [3.05, 3.63) is 29.8 Å². The molecular weight excluding hydrogens is 270 g/mol. The van der Waals surface area contributed by atoms with E-state index in [1.165, 1.54) is 12.0 Å². The third kappa shape index (κ3) is 6.14. The zero-order valence-electron chi connectivity index (χ0n) is 13.0. The largest absolute Gasteiger partial charge is 0.494 e. The molecule has 1 rings (SSSR count). The van der Waals surface area contributed by atoms with Crippen LogP contribution in [0, 0.1) is 0 Å². The molecule has 0 aromatic heterocycles. The number of hydrogen-bond acceptors (Lipinski definition) is 4. The molecule has 0 spiro atoms. The predicted octanol–water partition coefficient (Wildman–Crippen LogP) is 1.94. The molecule has 0 aliphatic carbocycles. The second kappa shape index (κ2) is 9.37. The van der Waals surface area contributed by atoms with Crippen LogP contribution in [0.1, 0.15) is 30.1 Å². The monoisotopic (exact) mass is 295 g/mol. The smallest absolute Gasteiger partial charge is 0.253 e. The molecule has 1 aromatic rings. The Balaban J connectivity index is 2.53. The van der Waals surface area contributed by atoms with Crippen LogP contribution >= 0.6 is 0 Å². The number of ether oxygens (including phenoxy) is 2. The predicted molar refractivity (Wildman–Crippen MR) is 81.7 cm³/mol. The standard InChI is InChI=1S/C16H25NO4/c1-4-5-10-21-15-8-6-13(7-9-15)16(19)17(2)11-14(18)12-20-3/h6-9,14,18H,4-5,10-12H2,1-3H3. The number of carbonyl (C=O) groups excluding carboxylic acids is 1. The molecule has 1 aromatic carbocycles. The van der Waals surface area contributed by atoms with Crippen molar-refractivity contribution in [3.63, 3.8) is 0 Å². The van der Waals surface area contributed by atoms with Crippen LogP contribution in [0.4, 0.5) is 0 Å². The number of hydrogen-bond donors (Lipinski definition) is 1. The third-order valence-electron chi connectivity index (χ3n) is 3.06. The highest BCUT2D eigenvalue weighted by Gasteiger charge is 2.15. The van der Waals surface area contributed by atoms with Gasteiger partial charge in [0.05, 0.1) is 19.3 Å². The zero-order valence-corrected chi connectivity index (χ0v) is 13.0. The summed E-state index contributed by atoms with van der Waals surface area (Å²) in [6.45, 7) is 3.25. The van der Waals surface area contributed by atoms with E-state index < -0.39 is 6.10 Å². The first-order valence-corrected chi connectivity index (χ1v) is 7.23. The van der Waals surface area contributed by atoms with E-state index in [-0.39, 0.29) is 19.1 Å². The van der Waals surface area contributed by atoms with E-state index >= 15 is 0 Å². The molecule has 0 saturated heterocycles. The maximum absolute atomic E-state index is 12.2. The Kier molecular flexibility index (Phi) is 7.79. The van der Waals surface area contributed by atoms with Gasteiger partial charge in [-0.1, -0.05) is 13.3 Å². The maximum Gasteiger partial charge on any atom is 0.253 e. The number of nitrogens with zero attached hydrogens (tertiary/aromatic N) is 1. The lowest BCUT2D eigenvalue weighted by Crippen LogP contribution is -2.36. The van der Waals surface area contributed by atoms with Crippen molar-refractivity contribution in [1.29, 1.82) is 0 Å². The molecule has 0 aliphatic rings. The van der Waals surface area contributed by atoms with Crippen LogP contribution in [0.15, 0.2) is 24.3 Å². The number of amides is 1. The SMILES string of the molecule is CCCCOc1ccc(C(=O)N(C)CC(O)COC)cc1. The first-order valence-electron chi connectivity index (χ1n) is 7.23. The number of unbranched alkanes of at least 4 members (excludes halogenated alkanes) is 1. The molecule has 0 fully saturated rings. The molecule has 5 heteroatoms. The molecule has 0 radical (unpaired) electrons. The highest BCUT2D eigenvalue weighted by molar-refractivity contribution is 5.94. The lowest BCUT2D eigenvalue weighted by Gasteiger charge is -2.20. The van der Waals surface area contributed by atoms with Gasteiger partial charge in [-0.25, -0.2) is 0 Å². The minimum absolute atomic E-state index is 0.134. The van der Waals surface area contributed by atoms with Crippen molar-refractivity contribution in [2.24, 2.45) is 0 Å². The molecule has 1 atom stereocenters. The molecule has 1 amide bonds. The highest BCUT2D eigenvalue weighted by atomic mass is 16.5. The minimum Gasteiger partial charge on any atom is -0.494 e. The summed E-state index contributed by atoms with van der Waals surface area (Å²) in [7, 11) is 3.18. The molecule has 0 aliphatic heterocycles. The highest BCUT2D eigenvalue weighted by Crippen LogP contribution is 2.14. The van der Waals surface area contributed by atoms with Gasteiger partial charge in [0.15, 0.2) is 0 Å². The van der Waals surface area contributed by atoms with Gasteiger partial charge in [0.1, 0.15) is 5.75 Å². The average molecular weight is 295 g/mol. The topological polar surface area (TPSA) is 59.0 Å². The van der Waals surface area contributed by atoms with E-state index in [0.717, 1.165) is 18.6 Å². The Morgan fingerprint density at radius 3 is 2.57 bits per heavy atom. The molecular formula is C16H25NO4. The van der Waals surface area contributed by atoms with Crippen molar-refractivity contribution in [2.75, 3.05) is 33.9 Å². The van der Waals surface area contributed by atoms with E-state index in [9.17, 15) is 9.90 Å². The minimum atomic E-state index is -0.680. The fraction of sp³-hybridized carbons (Fsp3) is 0.562. The van der Waals surface area contributed by atoms with Crippen LogP contribution in [-0.2, 0) is 4.74 Å². The van der Waals surface area contributed by atoms with Gasteiger partial charge in [-0.3, -0.25) is 4.79 Å². The summed E-state index contributed by atoms with van der Waals surface area (Å²) in [6, 6.07) is 7.07. The first-order chi connectivity index (χ1) is 10.1. The van der Waals surface area contributed by atoms with E-state index in [2.05, 4.69) is 6.92 Å². The molecule has 0 bridgehead atoms. The summed E-state index contributed by atoms with van der Waals surface area (Å²) in [6.07, 6.45) is 1.42. The molecule has 5 nitrogen and oxygen atoms in total. The quantitative estimate of drug-likeness (QED) is 0.707. The lowest BCUT2D eigenvalue weighted by molar-refractivity contribution is 0.0380. The van der Waals surface area contributed by atoms with Crippen LogP contribution in [0.25, 0.3) is 0 Å². The van der Waals surface area contributed by atoms with Crippen molar-refractivity contribution < 1.29 is 19.4 Å². The van der Waals surface area contributed by atoms with Crippen LogP contribution in [0.5, 0.6) is 5.75 Å². The number of rotatable bonds is 9. The number of carbonyl (C=O) groups is 1. The van der Waals surface area contributed by atoms with Gasteiger partial charge in [0, 0.05) is 26.3 Å². The van der Waals surface area contributed by atoms with Crippen molar-refractivity contribution in [1.82, 2.24) is 4.90 Å². The second-order valence-electron chi connectivity index (χ2n) is 5.02. The van der Waals surface area contributed by atoms with E-state index in [1.54, 1.807) is 31.3 Å². The Morgan fingerprint density at radius 2 is 2.00 bits per heavy atom. The summed E-state index contributed by atoms with van der Waals surface area (Å²) in [4.78, 5) is 13.7. The van der Waals surface area contributed by atoms with Gasteiger partial charge < -0.3 is 19.5 Å². The molecule has 0 saturated carbocycles. The Hall–Kier alpha value is -1.59.